The predicted molar refractivity (Wildman–Crippen MR) is 94.9 cm³/mol. The van der Waals surface area contributed by atoms with Crippen LogP contribution in [-0.4, -0.2) is 39.2 Å². The number of para-hydroxylation sites is 2. The second-order valence-electron chi connectivity index (χ2n) is 6.32. The Balaban J connectivity index is 1.76. The maximum atomic E-state index is 12.2. The first kappa shape index (κ1) is 16.8. The number of hydrogen-bond donors (Lipinski definition) is 2. The summed E-state index contributed by atoms with van der Waals surface area (Å²) in [6, 6.07) is 8.15. The van der Waals surface area contributed by atoms with E-state index in [1.165, 1.54) is 11.8 Å². The van der Waals surface area contributed by atoms with Crippen LogP contribution >= 0.6 is 11.8 Å². The van der Waals surface area contributed by atoms with Crippen LogP contribution < -0.4 is 10.6 Å². The lowest BCUT2D eigenvalue weighted by molar-refractivity contribution is -0.122. The first-order valence-corrected chi connectivity index (χ1v) is 9.18. The molecule has 0 atom stereocenters. The summed E-state index contributed by atoms with van der Waals surface area (Å²) in [5.41, 5.74) is 1.74. The number of aromatic nitrogens is 2. The summed E-state index contributed by atoms with van der Waals surface area (Å²) in [6.07, 6.45) is 2.15. The molecule has 1 saturated carbocycles. The van der Waals surface area contributed by atoms with Gasteiger partial charge in [-0.2, -0.15) is 0 Å². The van der Waals surface area contributed by atoms with Gasteiger partial charge in [0.2, 0.25) is 11.8 Å². The molecular weight excluding hydrogens is 324 g/mol. The van der Waals surface area contributed by atoms with Gasteiger partial charge in [-0.3, -0.25) is 9.59 Å². The summed E-state index contributed by atoms with van der Waals surface area (Å²) >= 11 is 1.37. The van der Waals surface area contributed by atoms with Crippen molar-refractivity contribution in [1.29, 1.82) is 0 Å². The zero-order chi connectivity index (χ0) is 17.1. The third-order valence-corrected chi connectivity index (χ3v) is 4.62. The summed E-state index contributed by atoms with van der Waals surface area (Å²) in [7, 11) is 0. The zero-order valence-electron chi connectivity index (χ0n) is 13.9. The van der Waals surface area contributed by atoms with Gasteiger partial charge in [-0.1, -0.05) is 23.9 Å². The number of imidazole rings is 1. The summed E-state index contributed by atoms with van der Waals surface area (Å²) in [4.78, 5) is 28.7. The third kappa shape index (κ3) is 4.29. The van der Waals surface area contributed by atoms with Gasteiger partial charge < -0.3 is 15.2 Å². The Morgan fingerprint density at radius 1 is 1.29 bits per heavy atom. The number of carbonyl (C=O) groups is 2. The van der Waals surface area contributed by atoms with E-state index in [2.05, 4.69) is 15.6 Å². The normalized spacial score (nSPS) is 14.1. The fraction of sp³-hybridized carbons (Fsp3) is 0.471. The number of nitrogens with one attached hydrogen (secondary N) is 2. The molecule has 1 aliphatic rings. The van der Waals surface area contributed by atoms with Gasteiger partial charge in [0.1, 0.15) is 6.54 Å². The summed E-state index contributed by atoms with van der Waals surface area (Å²) < 4.78 is 1.88. The number of carbonyl (C=O) groups excluding carboxylic acids is 2. The van der Waals surface area contributed by atoms with Gasteiger partial charge in [0.25, 0.3) is 0 Å². The van der Waals surface area contributed by atoms with Gasteiger partial charge in [0.15, 0.2) is 5.16 Å². The summed E-state index contributed by atoms with van der Waals surface area (Å²) in [5.74, 6) is 0.274. The Kier molecular flexibility index (Phi) is 5.08. The van der Waals surface area contributed by atoms with Crippen LogP contribution in [0.15, 0.2) is 29.4 Å². The highest BCUT2D eigenvalue weighted by atomic mass is 32.2. The van der Waals surface area contributed by atoms with Crippen LogP contribution in [0.3, 0.4) is 0 Å². The van der Waals surface area contributed by atoms with E-state index in [0.29, 0.717) is 17.0 Å². The standard InChI is InChI=1S/C17H22N4O2S/c1-11(2)18-15(22)9-21-14-6-4-3-5-13(14)20-17(21)24-10-16(23)19-12-7-8-12/h3-6,11-12H,7-10H2,1-2H3,(H,18,22)(H,19,23). The Bertz CT molecular complexity index is 752. The molecule has 0 bridgehead atoms. The van der Waals surface area contributed by atoms with Crippen molar-refractivity contribution < 1.29 is 9.59 Å². The quantitative estimate of drug-likeness (QED) is 0.751. The fourth-order valence-corrected chi connectivity index (χ4v) is 3.28. The molecule has 24 heavy (non-hydrogen) atoms. The topological polar surface area (TPSA) is 76.0 Å². The molecule has 3 rings (SSSR count). The zero-order valence-corrected chi connectivity index (χ0v) is 14.7. The Morgan fingerprint density at radius 2 is 2.04 bits per heavy atom. The first-order chi connectivity index (χ1) is 11.5. The molecule has 0 unspecified atom stereocenters. The van der Waals surface area contributed by atoms with Crippen LogP contribution in [0.5, 0.6) is 0 Å². The first-order valence-electron chi connectivity index (χ1n) is 8.19. The SMILES string of the molecule is CC(C)NC(=O)Cn1c(SCC(=O)NC2CC2)nc2ccccc21. The number of fused-ring (bicyclic) bond motifs is 1. The van der Waals surface area contributed by atoms with Gasteiger partial charge in [0.05, 0.1) is 16.8 Å². The van der Waals surface area contributed by atoms with Crippen molar-refractivity contribution in [2.45, 2.75) is 50.5 Å². The molecule has 128 valence electrons. The predicted octanol–water partition coefficient (Wildman–Crippen LogP) is 1.93. The minimum absolute atomic E-state index is 0.0211. The second-order valence-corrected chi connectivity index (χ2v) is 7.26. The third-order valence-electron chi connectivity index (χ3n) is 3.65. The molecule has 7 heteroatoms. The molecule has 0 radical (unpaired) electrons. The smallest absolute Gasteiger partial charge is 0.240 e. The lowest BCUT2D eigenvalue weighted by atomic mass is 10.3. The van der Waals surface area contributed by atoms with Gasteiger partial charge in [0, 0.05) is 12.1 Å². The molecule has 6 nitrogen and oxygen atoms in total. The Hall–Kier alpha value is -2.02. The van der Waals surface area contributed by atoms with Crippen LogP contribution in [0.2, 0.25) is 0 Å². The average molecular weight is 346 g/mol. The van der Waals surface area contributed by atoms with Crippen molar-refractivity contribution >= 4 is 34.6 Å². The van der Waals surface area contributed by atoms with Crippen LogP contribution in [-0.2, 0) is 16.1 Å². The number of amides is 2. The minimum atomic E-state index is -0.0579. The van der Waals surface area contributed by atoms with Crippen LogP contribution in [0, 0.1) is 0 Å². The van der Waals surface area contributed by atoms with Crippen LogP contribution in [0.25, 0.3) is 11.0 Å². The maximum absolute atomic E-state index is 12.2. The fourth-order valence-electron chi connectivity index (χ4n) is 2.45. The van der Waals surface area contributed by atoms with E-state index in [9.17, 15) is 9.59 Å². The molecule has 1 aromatic carbocycles. The van der Waals surface area contributed by atoms with Crippen molar-refractivity contribution in [3.63, 3.8) is 0 Å². The Labute approximate surface area is 145 Å². The van der Waals surface area contributed by atoms with E-state index < -0.39 is 0 Å². The highest BCUT2D eigenvalue weighted by Gasteiger charge is 2.23. The molecule has 0 aliphatic heterocycles. The molecule has 0 saturated heterocycles. The average Bonchev–Trinajstić information content (AvgIpc) is 3.26. The maximum Gasteiger partial charge on any atom is 0.240 e. The lowest BCUT2D eigenvalue weighted by Gasteiger charge is -2.11. The molecule has 2 aromatic rings. The van der Waals surface area contributed by atoms with E-state index >= 15 is 0 Å². The monoisotopic (exact) mass is 346 g/mol. The molecule has 1 fully saturated rings. The highest BCUT2D eigenvalue weighted by Crippen LogP contribution is 2.24. The van der Waals surface area contributed by atoms with E-state index in [0.717, 1.165) is 23.9 Å². The molecule has 2 amide bonds. The summed E-state index contributed by atoms with van der Waals surface area (Å²) in [5, 5.41) is 6.56. The largest absolute Gasteiger partial charge is 0.353 e. The number of thioether (sulfide) groups is 1. The molecule has 1 aromatic heterocycles. The Morgan fingerprint density at radius 3 is 2.75 bits per heavy atom. The molecule has 1 heterocycles. The van der Waals surface area contributed by atoms with Gasteiger partial charge >= 0.3 is 0 Å². The molecule has 1 aliphatic carbocycles. The van der Waals surface area contributed by atoms with Crippen molar-refractivity contribution in [2.24, 2.45) is 0 Å². The molecule has 2 N–H and O–H groups in total. The molecule has 0 spiro atoms. The van der Waals surface area contributed by atoms with Crippen molar-refractivity contribution in [3.05, 3.63) is 24.3 Å². The number of hydrogen-bond acceptors (Lipinski definition) is 4. The summed E-state index contributed by atoms with van der Waals surface area (Å²) in [6.45, 7) is 4.06. The van der Waals surface area contributed by atoms with E-state index in [-0.39, 0.29) is 24.4 Å². The van der Waals surface area contributed by atoms with Crippen LogP contribution in [0.1, 0.15) is 26.7 Å². The second kappa shape index (κ2) is 7.25. The highest BCUT2D eigenvalue weighted by molar-refractivity contribution is 7.99. The van der Waals surface area contributed by atoms with Gasteiger partial charge in [-0.25, -0.2) is 4.98 Å². The minimum Gasteiger partial charge on any atom is -0.353 e. The molecular formula is C17H22N4O2S. The van der Waals surface area contributed by atoms with E-state index in [4.69, 9.17) is 0 Å². The van der Waals surface area contributed by atoms with Crippen molar-refractivity contribution in [3.8, 4) is 0 Å². The number of benzene rings is 1. The van der Waals surface area contributed by atoms with E-state index in [1.54, 1.807) is 0 Å². The van der Waals surface area contributed by atoms with Gasteiger partial charge in [-0.15, -0.1) is 0 Å². The van der Waals surface area contributed by atoms with Crippen molar-refractivity contribution in [1.82, 2.24) is 20.2 Å². The van der Waals surface area contributed by atoms with Gasteiger partial charge in [-0.05, 0) is 38.8 Å². The van der Waals surface area contributed by atoms with Crippen molar-refractivity contribution in [2.75, 3.05) is 5.75 Å². The number of nitrogens with zero attached hydrogens (tertiary/aromatic N) is 2. The lowest BCUT2D eigenvalue weighted by Crippen LogP contribution is -2.33. The van der Waals surface area contributed by atoms with E-state index in [1.807, 2.05) is 42.7 Å². The van der Waals surface area contributed by atoms with Crippen LogP contribution in [0.4, 0.5) is 0 Å². The number of rotatable bonds is 7.